The van der Waals surface area contributed by atoms with Crippen molar-refractivity contribution in [3.8, 4) is 11.8 Å². The predicted octanol–water partition coefficient (Wildman–Crippen LogP) is 3.07. The molecule has 1 saturated heterocycles. The van der Waals surface area contributed by atoms with Crippen molar-refractivity contribution in [2.24, 2.45) is 0 Å². The topological polar surface area (TPSA) is 117 Å². The zero-order valence-corrected chi connectivity index (χ0v) is 18.8. The average Bonchev–Trinajstić information content (AvgIpc) is 3.40. The normalized spacial score (nSPS) is 21.2. The second-order valence-electron chi connectivity index (χ2n) is 8.01. The van der Waals surface area contributed by atoms with Crippen LogP contribution >= 0.6 is 11.6 Å². The van der Waals surface area contributed by atoms with E-state index in [0.717, 1.165) is 17.0 Å². The molecule has 2 unspecified atom stereocenters. The monoisotopic (exact) mass is 491 g/mol. The number of likely N-dealkylation sites (tertiary alicyclic amines) is 1. The summed E-state index contributed by atoms with van der Waals surface area (Å²) in [5, 5.41) is 10.8. The van der Waals surface area contributed by atoms with E-state index in [1.807, 2.05) is 6.07 Å². The number of amides is 2. The van der Waals surface area contributed by atoms with Crippen LogP contribution in [0.2, 0.25) is 5.02 Å². The molecule has 0 spiro atoms. The molecular weight excluding hydrogens is 473 g/mol. The lowest BCUT2D eigenvalue weighted by Gasteiger charge is -2.24. The molecular formula is C22H19ClFN3O5S. The van der Waals surface area contributed by atoms with Gasteiger partial charge in [-0.25, -0.2) is 17.6 Å². The molecule has 1 aliphatic carbocycles. The maximum Gasteiger partial charge on any atom is 0.415 e. The quantitative estimate of drug-likeness (QED) is 0.687. The molecule has 1 heterocycles. The van der Waals surface area contributed by atoms with Gasteiger partial charge in [-0.3, -0.25) is 9.69 Å². The van der Waals surface area contributed by atoms with Gasteiger partial charge >= 0.3 is 6.09 Å². The summed E-state index contributed by atoms with van der Waals surface area (Å²) in [6.07, 6.45) is -0.202. The number of nitrogens with one attached hydrogen (secondary N) is 1. The lowest BCUT2D eigenvalue weighted by atomic mass is 10.2. The molecule has 2 fully saturated rings. The first-order valence-electron chi connectivity index (χ1n) is 10.1. The van der Waals surface area contributed by atoms with E-state index < -0.39 is 44.5 Å². The highest BCUT2D eigenvalue weighted by atomic mass is 35.5. The number of carbonyl (C=O) groups is 2. The van der Waals surface area contributed by atoms with Gasteiger partial charge in [-0.15, -0.1) is 0 Å². The van der Waals surface area contributed by atoms with Crippen molar-refractivity contribution in [3.05, 3.63) is 59.4 Å². The van der Waals surface area contributed by atoms with Crippen LogP contribution in [0, 0.1) is 17.1 Å². The lowest BCUT2D eigenvalue weighted by molar-refractivity contribution is -0.125. The van der Waals surface area contributed by atoms with Crippen molar-refractivity contribution in [2.75, 3.05) is 6.54 Å². The molecule has 2 amide bonds. The SMILES string of the molecule is N#CC1(NC(=O)C2CC(S(=O)(=O)c3ccccc3Cl)CN2C(=O)Oc2ccc(F)cc2)CC1. The zero-order valence-electron chi connectivity index (χ0n) is 17.2. The highest BCUT2D eigenvalue weighted by Gasteiger charge is 2.51. The number of ether oxygens (including phenoxy) is 1. The Hall–Kier alpha value is -3.16. The number of hydrogen-bond acceptors (Lipinski definition) is 6. The fourth-order valence-electron chi connectivity index (χ4n) is 3.70. The van der Waals surface area contributed by atoms with Crippen LogP contribution in [0.25, 0.3) is 0 Å². The Labute approximate surface area is 194 Å². The van der Waals surface area contributed by atoms with Crippen LogP contribution < -0.4 is 10.1 Å². The Morgan fingerprint density at radius 2 is 1.85 bits per heavy atom. The molecule has 2 aromatic rings. The third-order valence-corrected chi connectivity index (χ3v) is 8.36. The summed E-state index contributed by atoms with van der Waals surface area (Å²) in [5.74, 6) is -1.12. The van der Waals surface area contributed by atoms with Gasteiger partial charge in [-0.2, -0.15) is 5.26 Å². The number of nitrogens with zero attached hydrogens (tertiary/aromatic N) is 2. The fourth-order valence-corrected chi connectivity index (χ4v) is 5.92. The van der Waals surface area contributed by atoms with Crippen molar-refractivity contribution in [1.29, 1.82) is 5.26 Å². The average molecular weight is 492 g/mol. The van der Waals surface area contributed by atoms with Crippen LogP contribution in [0.15, 0.2) is 53.4 Å². The van der Waals surface area contributed by atoms with Crippen molar-refractivity contribution < 1.29 is 27.1 Å². The first-order chi connectivity index (χ1) is 15.6. The second-order valence-corrected chi connectivity index (χ2v) is 10.6. The van der Waals surface area contributed by atoms with E-state index in [4.69, 9.17) is 16.3 Å². The Balaban J connectivity index is 1.61. The van der Waals surface area contributed by atoms with Crippen molar-refractivity contribution in [3.63, 3.8) is 0 Å². The van der Waals surface area contributed by atoms with Crippen molar-refractivity contribution >= 4 is 33.4 Å². The molecule has 1 N–H and O–H groups in total. The number of rotatable bonds is 5. The van der Waals surface area contributed by atoms with Crippen LogP contribution in [0.5, 0.6) is 5.75 Å². The summed E-state index contributed by atoms with van der Waals surface area (Å²) in [4.78, 5) is 26.8. The minimum atomic E-state index is -3.99. The molecule has 1 saturated carbocycles. The van der Waals surface area contributed by atoms with Gasteiger partial charge in [0.25, 0.3) is 0 Å². The number of hydrogen-bond donors (Lipinski definition) is 1. The lowest BCUT2D eigenvalue weighted by Crippen LogP contribution is -2.50. The molecule has 0 aromatic heterocycles. The van der Waals surface area contributed by atoms with E-state index in [0.29, 0.717) is 12.8 Å². The van der Waals surface area contributed by atoms with Crippen LogP contribution in [0.3, 0.4) is 0 Å². The van der Waals surface area contributed by atoms with E-state index in [-0.39, 0.29) is 28.6 Å². The maximum atomic E-state index is 13.3. The van der Waals surface area contributed by atoms with Crippen LogP contribution in [-0.4, -0.2) is 48.7 Å². The van der Waals surface area contributed by atoms with E-state index in [2.05, 4.69) is 5.32 Å². The van der Waals surface area contributed by atoms with Crippen molar-refractivity contribution in [2.45, 2.75) is 41.0 Å². The Kier molecular flexibility index (Phi) is 6.03. The summed E-state index contributed by atoms with van der Waals surface area (Å²) in [6.45, 7) is -0.314. The number of benzene rings is 2. The van der Waals surface area contributed by atoms with Gasteiger partial charge in [-0.1, -0.05) is 23.7 Å². The number of halogens is 2. The maximum absolute atomic E-state index is 13.3. The summed E-state index contributed by atoms with van der Waals surface area (Å²) in [6, 6.07) is 11.5. The summed E-state index contributed by atoms with van der Waals surface area (Å²) < 4.78 is 44.9. The fraction of sp³-hybridized carbons (Fsp3) is 0.318. The van der Waals surface area contributed by atoms with Gasteiger partial charge in [-0.05, 0) is 55.7 Å². The number of carbonyl (C=O) groups excluding carboxylic acids is 2. The first-order valence-corrected chi connectivity index (χ1v) is 12.0. The van der Waals surface area contributed by atoms with Gasteiger partial charge in [0.2, 0.25) is 5.91 Å². The summed E-state index contributed by atoms with van der Waals surface area (Å²) in [5.41, 5.74) is -0.997. The van der Waals surface area contributed by atoms with Crippen molar-refractivity contribution in [1.82, 2.24) is 10.2 Å². The minimum Gasteiger partial charge on any atom is -0.410 e. The Morgan fingerprint density at radius 3 is 2.45 bits per heavy atom. The Bertz CT molecular complexity index is 1240. The first kappa shape index (κ1) is 23.0. The molecule has 2 atom stereocenters. The molecule has 8 nitrogen and oxygen atoms in total. The highest BCUT2D eigenvalue weighted by Crippen LogP contribution is 2.36. The molecule has 2 aliphatic rings. The largest absolute Gasteiger partial charge is 0.415 e. The molecule has 33 heavy (non-hydrogen) atoms. The summed E-state index contributed by atoms with van der Waals surface area (Å²) >= 11 is 6.09. The molecule has 0 bridgehead atoms. The van der Waals surface area contributed by atoms with Gasteiger partial charge in [0.1, 0.15) is 23.1 Å². The van der Waals surface area contributed by atoms with E-state index in [1.54, 1.807) is 6.07 Å². The number of sulfone groups is 1. The standard InChI is InChI=1S/C22H19ClFN3O5S/c23-17-3-1-2-4-19(17)33(30,31)16-11-18(20(28)26-22(13-25)9-10-22)27(12-16)21(29)32-15-7-5-14(24)6-8-15/h1-8,16,18H,9-12H2,(H,26,28). The van der Waals surface area contributed by atoms with E-state index in [1.165, 1.54) is 30.3 Å². The molecule has 11 heteroatoms. The van der Waals surface area contributed by atoms with Gasteiger partial charge < -0.3 is 10.1 Å². The van der Waals surface area contributed by atoms with E-state index in [9.17, 15) is 27.7 Å². The molecule has 172 valence electrons. The van der Waals surface area contributed by atoms with Gasteiger partial charge in [0.15, 0.2) is 9.84 Å². The summed E-state index contributed by atoms with van der Waals surface area (Å²) in [7, 11) is -3.99. The zero-order chi connectivity index (χ0) is 23.8. The number of nitriles is 1. The third-order valence-electron chi connectivity index (χ3n) is 5.73. The molecule has 4 rings (SSSR count). The smallest absolute Gasteiger partial charge is 0.410 e. The minimum absolute atomic E-state index is 0.0345. The van der Waals surface area contributed by atoms with Gasteiger partial charge in [0.05, 0.1) is 21.2 Å². The molecule has 0 radical (unpaired) electrons. The second kappa shape index (κ2) is 8.65. The molecule has 2 aromatic carbocycles. The Morgan fingerprint density at radius 1 is 1.18 bits per heavy atom. The van der Waals surface area contributed by atoms with Crippen LogP contribution in [0.1, 0.15) is 19.3 Å². The van der Waals surface area contributed by atoms with Crippen LogP contribution in [0.4, 0.5) is 9.18 Å². The van der Waals surface area contributed by atoms with Gasteiger partial charge in [0, 0.05) is 6.54 Å². The molecule has 1 aliphatic heterocycles. The highest BCUT2D eigenvalue weighted by molar-refractivity contribution is 7.92. The van der Waals surface area contributed by atoms with E-state index >= 15 is 0 Å². The predicted molar refractivity (Wildman–Crippen MR) is 116 cm³/mol. The third kappa shape index (κ3) is 4.65. The van der Waals surface area contributed by atoms with Crippen LogP contribution in [-0.2, 0) is 14.6 Å².